The van der Waals surface area contributed by atoms with Gasteiger partial charge in [-0.05, 0) is 50.2 Å². The Morgan fingerprint density at radius 2 is 1.71 bits per heavy atom. The summed E-state index contributed by atoms with van der Waals surface area (Å²) in [5, 5.41) is 0. The SMILES string of the molecule is O=C(CC1CCCN(S(=O)(=O)c2ccccc2)C1)N1CCCCC1. The van der Waals surface area contributed by atoms with Crippen molar-refractivity contribution in [2.45, 2.75) is 43.4 Å². The fraction of sp³-hybridized carbons (Fsp3) is 0.611. The molecule has 0 spiro atoms. The largest absolute Gasteiger partial charge is 0.343 e. The first-order valence-electron chi connectivity index (χ1n) is 8.90. The summed E-state index contributed by atoms with van der Waals surface area (Å²) in [5.41, 5.74) is 0. The molecule has 3 rings (SSSR count). The molecule has 1 amide bonds. The van der Waals surface area contributed by atoms with E-state index in [9.17, 15) is 13.2 Å². The van der Waals surface area contributed by atoms with Crippen LogP contribution in [0.4, 0.5) is 0 Å². The average molecular weight is 350 g/mol. The van der Waals surface area contributed by atoms with E-state index in [1.807, 2.05) is 11.0 Å². The maximum Gasteiger partial charge on any atom is 0.243 e. The predicted octanol–water partition coefficient (Wildman–Crippen LogP) is 2.49. The molecule has 2 aliphatic rings. The Balaban J connectivity index is 1.63. The van der Waals surface area contributed by atoms with E-state index in [-0.39, 0.29) is 11.8 Å². The number of nitrogens with zero attached hydrogens (tertiary/aromatic N) is 2. The summed E-state index contributed by atoms with van der Waals surface area (Å²) in [6.45, 7) is 2.72. The van der Waals surface area contributed by atoms with Crippen LogP contribution in [0, 0.1) is 5.92 Å². The molecule has 6 heteroatoms. The van der Waals surface area contributed by atoms with Crippen LogP contribution >= 0.6 is 0 Å². The van der Waals surface area contributed by atoms with E-state index in [0.29, 0.717) is 24.4 Å². The highest BCUT2D eigenvalue weighted by Crippen LogP contribution is 2.26. The quantitative estimate of drug-likeness (QED) is 0.838. The zero-order chi connectivity index (χ0) is 17.0. The number of carbonyl (C=O) groups is 1. The van der Waals surface area contributed by atoms with Crippen molar-refractivity contribution in [3.05, 3.63) is 30.3 Å². The van der Waals surface area contributed by atoms with Gasteiger partial charge in [-0.3, -0.25) is 4.79 Å². The van der Waals surface area contributed by atoms with Crippen LogP contribution in [0.2, 0.25) is 0 Å². The Morgan fingerprint density at radius 3 is 2.42 bits per heavy atom. The van der Waals surface area contributed by atoms with Gasteiger partial charge in [0.1, 0.15) is 0 Å². The van der Waals surface area contributed by atoms with Crippen molar-refractivity contribution in [2.75, 3.05) is 26.2 Å². The van der Waals surface area contributed by atoms with Crippen molar-refractivity contribution in [1.82, 2.24) is 9.21 Å². The number of likely N-dealkylation sites (tertiary alicyclic amines) is 1. The summed E-state index contributed by atoms with van der Waals surface area (Å²) in [4.78, 5) is 14.7. The second kappa shape index (κ2) is 7.66. The van der Waals surface area contributed by atoms with Crippen LogP contribution in [0.5, 0.6) is 0 Å². The lowest BCUT2D eigenvalue weighted by molar-refractivity contribution is -0.133. The summed E-state index contributed by atoms with van der Waals surface area (Å²) in [5.74, 6) is 0.324. The molecule has 5 nitrogen and oxygen atoms in total. The van der Waals surface area contributed by atoms with Crippen LogP contribution in [0.25, 0.3) is 0 Å². The number of carbonyl (C=O) groups excluding carboxylic acids is 1. The zero-order valence-electron chi connectivity index (χ0n) is 14.1. The van der Waals surface area contributed by atoms with E-state index in [1.54, 1.807) is 28.6 Å². The van der Waals surface area contributed by atoms with E-state index < -0.39 is 10.0 Å². The Morgan fingerprint density at radius 1 is 1.00 bits per heavy atom. The molecular formula is C18H26N2O3S. The van der Waals surface area contributed by atoms with Crippen LogP contribution in [-0.2, 0) is 14.8 Å². The summed E-state index contributed by atoms with van der Waals surface area (Å²) in [7, 11) is -3.45. The van der Waals surface area contributed by atoms with Crippen LogP contribution < -0.4 is 0 Å². The van der Waals surface area contributed by atoms with Gasteiger partial charge in [-0.1, -0.05) is 18.2 Å². The fourth-order valence-corrected chi connectivity index (χ4v) is 5.25. The third-order valence-corrected chi connectivity index (χ3v) is 6.91. The van der Waals surface area contributed by atoms with Gasteiger partial charge in [0.25, 0.3) is 0 Å². The lowest BCUT2D eigenvalue weighted by Gasteiger charge is -2.33. The minimum Gasteiger partial charge on any atom is -0.343 e. The van der Waals surface area contributed by atoms with Crippen molar-refractivity contribution in [1.29, 1.82) is 0 Å². The smallest absolute Gasteiger partial charge is 0.243 e. The minimum atomic E-state index is -3.45. The van der Waals surface area contributed by atoms with E-state index >= 15 is 0 Å². The summed E-state index contributed by atoms with van der Waals surface area (Å²) in [6.07, 6.45) is 5.61. The second-order valence-electron chi connectivity index (χ2n) is 6.83. The van der Waals surface area contributed by atoms with Gasteiger partial charge >= 0.3 is 0 Å². The topological polar surface area (TPSA) is 57.7 Å². The van der Waals surface area contributed by atoms with Crippen molar-refractivity contribution in [2.24, 2.45) is 5.92 Å². The van der Waals surface area contributed by atoms with Crippen molar-refractivity contribution < 1.29 is 13.2 Å². The molecule has 1 unspecified atom stereocenters. The molecule has 24 heavy (non-hydrogen) atoms. The monoisotopic (exact) mass is 350 g/mol. The lowest BCUT2D eigenvalue weighted by Crippen LogP contribution is -2.42. The molecule has 2 saturated heterocycles. The van der Waals surface area contributed by atoms with Gasteiger partial charge in [0.2, 0.25) is 15.9 Å². The molecule has 132 valence electrons. The van der Waals surface area contributed by atoms with Gasteiger partial charge in [-0.2, -0.15) is 4.31 Å². The number of amides is 1. The molecule has 1 aromatic carbocycles. The molecule has 2 fully saturated rings. The molecule has 0 bridgehead atoms. The Hall–Kier alpha value is -1.40. The Labute approximate surface area is 144 Å². The third kappa shape index (κ3) is 3.98. The van der Waals surface area contributed by atoms with Crippen molar-refractivity contribution in [3.8, 4) is 0 Å². The van der Waals surface area contributed by atoms with Gasteiger partial charge < -0.3 is 4.90 Å². The first-order chi connectivity index (χ1) is 11.6. The maximum absolute atomic E-state index is 12.8. The van der Waals surface area contributed by atoms with Crippen LogP contribution in [0.3, 0.4) is 0 Å². The summed E-state index contributed by atoms with van der Waals surface area (Å²) in [6, 6.07) is 8.58. The molecule has 0 radical (unpaired) electrons. The number of hydrogen-bond donors (Lipinski definition) is 0. The van der Waals surface area contributed by atoms with Gasteiger partial charge in [-0.25, -0.2) is 8.42 Å². The average Bonchev–Trinajstić information content (AvgIpc) is 2.63. The number of rotatable bonds is 4. The van der Waals surface area contributed by atoms with Crippen molar-refractivity contribution in [3.63, 3.8) is 0 Å². The molecular weight excluding hydrogens is 324 g/mol. The van der Waals surface area contributed by atoms with Crippen LogP contribution in [0.1, 0.15) is 38.5 Å². The molecule has 0 saturated carbocycles. The van der Waals surface area contributed by atoms with Crippen LogP contribution in [0.15, 0.2) is 35.2 Å². The normalized spacial score (nSPS) is 23.2. The summed E-state index contributed by atoms with van der Waals surface area (Å²) < 4.78 is 27.1. The first-order valence-corrected chi connectivity index (χ1v) is 10.3. The van der Waals surface area contributed by atoms with E-state index in [0.717, 1.165) is 38.8 Å². The third-order valence-electron chi connectivity index (χ3n) is 5.03. The van der Waals surface area contributed by atoms with E-state index in [4.69, 9.17) is 0 Å². The van der Waals surface area contributed by atoms with E-state index in [2.05, 4.69) is 0 Å². The number of piperidine rings is 2. The molecule has 0 aliphatic carbocycles. The van der Waals surface area contributed by atoms with Crippen LogP contribution in [-0.4, -0.2) is 49.7 Å². The minimum absolute atomic E-state index is 0.131. The number of benzene rings is 1. The molecule has 2 heterocycles. The molecule has 0 aromatic heterocycles. The standard InChI is InChI=1S/C18H26N2O3S/c21-18(19-11-5-2-6-12-19)14-16-8-7-13-20(15-16)24(22,23)17-9-3-1-4-10-17/h1,3-4,9-10,16H,2,5-8,11-15H2. The second-order valence-corrected chi connectivity index (χ2v) is 8.77. The lowest BCUT2D eigenvalue weighted by atomic mass is 9.95. The molecule has 1 atom stereocenters. The molecule has 2 aliphatic heterocycles. The Bertz CT molecular complexity index is 654. The van der Waals surface area contributed by atoms with Gasteiger partial charge in [0, 0.05) is 32.6 Å². The van der Waals surface area contributed by atoms with Gasteiger partial charge in [-0.15, -0.1) is 0 Å². The Kier molecular flexibility index (Phi) is 5.56. The van der Waals surface area contributed by atoms with E-state index in [1.165, 1.54) is 6.42 Å². The van der Waals surface area contributed by atoms with Crippen molar-refractivity contribution >= 4 is 15.9 Å². The number of sulfonamides is 1. The predicted molar refractivity (Wildman–Crippen MR) is 93.0 cm³/mol. The highest BCUT2D eigenvalue weighted by molar-refractivity contribution is 7.89. The fourth-order valence-electron chi connectivity index (χ4n) is 3.67. The summed E-state index contributed by atoms with van der Waals surface area (Å²) >= 11 is 0. The molecule has 1 aromatic rings. The number of hydrogen-bond acceptors (Lipinski definition) is 3. The zero-order valence-corrected chi connectivity index (χ0v) is 14.9. The maximum atomic E-state index is 12.8. The molecule has 0 N–H and O–H groups in total. The van der Waals surface area contributed by atoms with Gasteiger partial charge in [0.15, 0.2) is 0 Å². The highest BCUT2D eigenvalue weighted by atomic mass is 32.2. The van der Waals surface area contributed by atoms with Gasteiger partial charge in [0.05, 0.1) is 4.90 Å². The highest BCUT2D eigenvalue weighted by Gasteiger charge is 2.31. The first kappa shape index (κ1) is 17.4.